The van der Waals surface area contributed by atoms with E-state index >= 15 is 0 Å². The average molecular weight is 322 g/mol. The summed E-state index contributed by atoms with van der Waals surface area (Å²) in [6.45, 7) is 5.94. The lowest BCUT2D eigenvalue weighted by Gasteiger charge is -2.37. The van der Waals surface area contributed by atoms with Crippen LogP contribution in [0.25, 0.3) is 0 Å². The van der Waals surface area contributed by atoms with Crippen LogP contribution in [0, 0.1) is 0 Å². The Morgan fingerprint density at radius 1 is 1.35 bits per heavy atom. The van der Waals surface area contributed by atoms with E-state index in [1.54, 1.807) is 0 Å². The highest BCUT2D eigenvalue weighted by atomic mass is 33.1. The molecule has 0 fully saturated rings. The van der Waals surface area contributed by atoms with Gasteiger partial charge in [-0.1, -0.05) is 28.2 Å². The van der Waals surface area contributed by atoms with E-state index in [1.807, 2.05) is 0 Å². The van der Waals surface area contributed by atoms with Crippen molar-refractivity contribution in [2.24, 2.45) is 11.5 Å². The van der Waals surface area contributed by atoms with Crippen LogP contribution in [0.15, 0.2) is 12.7 Å². The first-order valence-electron chi connectivity index (χ1n) is 5.48. The number of nitrogens with two attached hydrogens (primary N) is 2. The van der Waals surface area contributed by atoms with Gasteiger partial charge in [0.2, 0.25) is 0 Å². The second-order valence-electron chi connectivity index (χ2n) is 4.42. The summed E-state index contributed by atoms with van der Waals surface area (Å²) in [5.41, 5.74) is 9.23. The van der Waals surface area contributed by atoms with E-state index in [4.69, 9.17) is 21.7 Å². The molecule has 0 aliphatic heterocycles. The number of hydrogen-bond acceptors (Lipinski definition) is 7. The van der Waals surface area contributed by atoms with Gasteiger partial charge < -0.3 is 21.7 Å². The number of rotatable bonds is 9. The van der Waals surface area contributed by atoms with Crippen molar-refractivity contribution in [3.63, 3.8) is 0 Å². The minimum absolute atomic E-state index is 0.00963. The van der Waals surface area contributed by atoms with Crippen LogP contribution in [-0.2, 0) is 14.4 Å². The molecule has 0 amide bonds. The van der Waals surface area contributed by atoms with Gasteiger partial charge in [-0.05, 0) is 19.9 Å². The maximum Gasteiger partial charge on any atom is 0.325 e. The predicted octanol–water partition coefficient (Wildman–Crippen LogP) is 0.0955. The van der Waals surface area contributed by atoms with Gasteiger partial charge in [-0.3, -0.25) is 14.4 Å². The molecule has 0 spiro atoms. The van der Waals surface area contributed by atoms with Gasteiger partial charge in [0.1, 0.15) is 16.3 Å². The highest BCUT2D eigenvalue weighted by molar-refractivity contribution is 8.77. The van der Waals surface area contributed by atoms with Gasteiger partial charge in [0.25, 0.3) is 0 Å². The Morgan fingerprint density at radius 2 is 1.85 bits per heavy atom. The summed E-state index contributed by atoms with van der Waals surface area (Å²) in [5.74, 6) is -3.06. The molecule has 0 saturated heterocycles. The van der Waals surface area contributed by atoms with E-state index in [0.717, 1.165) is 27.7 Å². The Balaban J connectivity index is 5.10. The van der Waals surface area contributed by atoms with Crippen LogP contribution in [0.5, 0.6) is 0 Å². The van der Waals surface area contributed by atoms with Crippen LogP contribution in [0.1, 0.15) is 13.8 Å². The molecule has 9 heteroatoms. The quantitative estimate of drug-likeness (QED) is 0.343. The lowest BCUT2D eigenvalue weighted by atomic mass is 9.84. The van der Waals surface area contributed by atoms with E-state index in [2.05, 4.69) is 6.58 Å². The SMILES string of the molecule is C=CC(=O)C(C)(SSC[C@H](N)C(=O)O)[C@](C)(N)C(=O)O. The normalized spacial score (nSPS) is 18.4. The van der Waals surface area contributed by atoms with Crippen molar-refractivity contribution in [1.82, 2.24) is 0 Å². The molecular weight excluding hydrogens is 304 g/mol. The zero-order chi connectivity index (χ0) is 16.1. The maximum absolute atomic E-state index is 12.0. The van der Waals surface area contributed by atoms with E-state index in [1.165, 1.54) is 13.8 Å². The molecule has 0 bridgehead atoms. The summed E-state index contributed by atoms with van der Waals surface area (Å²) in [6, 6.07) is -1.11. The summed E-state index contributed by atoms with van der Waals surface area (Å²) in [7, 11) is 1.87. The third kappa shape index (κ3) is 3.98. The molecular formula is C11H18N2O5S2. The molecule has 114 valence electrons. The topological polar surface area (TPSA) is 144 Å². The van der Waals surface area contributed by atoms with Gasteiger partial charge in [0.15, 0.2) is 5.78 Å². The van der Waals surface area contributed by atoms with E-state index in [0.29, 0.717) is 0 Å². The van der Waals surface area contributed by atoms with Crippen molar-refractivity contribution >= 4 is 39.3 Å². The number of ketones is 1. The first-order chi connectivity index (χ1) is 9.00. The zero-order valence-electron chi connectivity index (χ0n) is 11.2. The molecule has 6 N–H and O–H groups in total. The monoisotopic (exact) mass is 322 g/mol. The highest BCUT2D eigenvalue weighted by Gasteiger charge is 2.52. The number of carbonyl (C=O) groups excluding carboxylic acids is 1. The number of aliphatic carboxylic acids is 2. The Hall–Kier alpha value is -1.03. The van der Waals surface area contributed by atoms with Crippen LogP contribution in [0.2, 0.25) is 0 Å². The van der Waals surface area contributed by atoms with Gasteiger partial charge in [0, 0.05) is 5.75 Å². The van der Waals surface area contributed by atoms with Crippen molar-refractivity contribution in [2.75, 3.05) is 5.75 Å². The van der Waals surface area contributed by atoms with Crippen molar-refractivity contribution in [2.45, 2.75) is 30.2 Å². The third-order valence-corrected chi connectivity index (χ3v) is 6.21. The molecule has 1 unspecified atom stereocenters. The van der Waals surface area contributed by atoms with E-state index in [-0.39, 0.29) is 5.75 Å². The molecule has 0 aliphatic carbocycles. The standard InChI is InChI=1S/C11H18N2O5S2/c1-4-7(14)11(3,10(2,13)9(17)18)20-19-5-6(12)8(15)16/h4,6H,1,5,12-13H2,2-3H3,(H,15,16)(H,17,18)/t6-,10+,11?/m0/s1. The summed E-state index contributed by atoms with van der Waals surface area (Å²) in [5, 5.41) is 17.8. The van der Waals surface area contributed by atoms with Crippen molar-refractivity contribution in [1.29, 1.82) is 0 Å². The number of allylic oxidation sites excluding steroid dienone is 1. The Labute approximate surface area is 124 Å². The summed E-state index contributed by atoms with van der Waals surface area (Å²) >= 11 is 0. The number of carboxylic acids is 2. The molecule has 3 atom stereocenters. The first kappa shape index (κ1) is 19.0. The molecule has 7 nitrogen and oxygen atoms in total. The third-order valence-electron chi connectivity index (χ3n) is 2.88. The summed E-state index contributed by atoms with van der Waals surface area (Å²) in [6.07, 6.45) is 0.999. The molecule has 0 aromatic heterocycles. The molecule has 0 aliphatic rings. The van der Waals surface area contributed by atoms with Crippen molar-refractivity contribution in [3.8, 4) is 0 Å². The maximum atomic E-state index is 12.0. The fourth-order valence-corrected chi connectivity index (χ4v) is 4.21. The molecule has 0 aromatic carbocycles. The number of carbonyl (C=O) groups is 3. The van der Waals surface area contributed by atoms with Crippen LogP contribution in [0.4, 0.5) is 0 Å². The van der Waals surface area contributed by atoms with Gasteiger partial charge >= 0.3 is 11.9 Å². The molecule has 0 saturated carbocycles. The van der Waals surface area contributed by atoms with Crippen LogP contribution in [-0.4, -0.2) is 50.0 Å². The lowest BCUT2D eigenvalue weighted by molar-refractivity contribution is -0.145. The molecule has 0 rings (SSSR count). The second-order valence-corrected chi connectivity index (χ2v) is 7.18. The highest BCUT2D eigenvalue weighted by Crippen LogP contribution is 2.43. The van der Waals surface area contributed by atoms with Crippen molar-refractivity contribution < 1.29 is 24.6 Å². The number of carboxylic acid groups (broad SMARTS) is 2. The van der Waals surface area contributed by atoms with Crippen molar-refractivity contribution in [3.05, 3.63) is 12.7 Å². The summed E-state index contributed by atoms with van der Waals surface area (Å²) in [4.78, 5) is 33.8. The smallest absolute Gasteiger partial charge is 0.325 e. The molecule has 0 heterocycles. The Morgan fingerprint density at radius 3 is 2.20 bits per heavy atom. The molecule has 0 radical (unpaired) electrons. The lowest BCUT2D eigenvalue weighted by Crippen LogP contribution is -2.63. The van der Waals surface area contributed by atoms with E-state index < -0.39 is 34.0 Å². The summed E-state index contributed by atoms with van der Waals surface area (Å²) < 4.78 is -1.50. The minimum atomic E-state index is -1.84. The zero-order valence-corrected chi connectivity index (χ0v) is 12.8. The van der Waals surface area contributed by atoms with Crippen LogP contribution in [0.3, 0.4) is 0 Å². The van der Waals surface area contributed by atoms with Gasteiger partial charge in [-0.2, -0.15) is 0 Å². The molecule has 20 heavy (non-hydrogen) atoms. The largest absolute Gasteiger partial charge is 0.480 e. The van der Waals surface area contributed by atoms with Crippen LogP contribution < -0.4 is 11.5 Å². The van der Waals surface area contributed by atoms with Crippen LogP contribution >= 0.6 is 21.6 Å². The number of hydrogen-bond donors (Lipinski definition) is 4. The fraction of sp³-hybridized carbons (Fsp3) is 0.545. The van der Waals surface area contributed by atoms with E-state index in [9.17, 15) is 14.4 Å². The first-order valence-corrected chi connectivity index (χ1v) is 7.80. The second kappa shape index (κ2) is 7.11. The van der Waals surface area contributed by atoms with Gasteiger partial charge in [-0.15, -0.1) is 0 Å². The van der Waals surface area contributed by atoms with Gasteiger partial charge in [0.05, 0.1) is 0 Å². The Kier molecular flexibility index (Phi) is 6.75. The minimum Gasteiger partial charge on any atom is -0.480 e. The Bertz CT molecular complexity index is 427. The molecule has 0 aromatic rings. The van der Waals surface area contributed by atoms with Gasteiger partial charge in [-0.25, -0.2) is 0 Å². The average Bonchev–Trinajstić information content (AvgIpc) is 2.36. The fourth-order valence-electron chi connectivity index (χ4n) is 1.08. The predicted molar refractivity (Wildman–Crippen MR) is 79.5 cm³/mol.